The fourth-order valence-electron chi connectivity index (χ4n) is 4.07. The highest BCUT2D eigenvalue weighted by molar-refractivity contribution is 6.31. The van der Waals surface area contributed by atoms with Crippen LogP contribution in [0.5, 0.6) is 5.75 Å². The van der Waals surface area contributed by atoms with E-state index in [0.29, 0.717) is 35.1 Å². The minimum Gasteiger partial charge on any atom is -0.495 e. The number of carbonyl (C=O) groups excluding carboxylic acids is 2. The van der Waals surface area contributed by atoms with Gasteiger partial charge in [-0.2, -0.15) is 5.10 Å². The van der Waals surface area contributed by atoms with Gasteiger partial charge < -0.3 is 14.5 Å². The first-order chi connectivity index (χ1) is 12.8. The average Bonchev–Trinajstić information content (AvgIpc) is 3.29. The maximum absolute atomic E-state index is 13.1. The summed E-state index contributed by atoms with van der Waals surface area (Å²) in [6, 6.07) is 4.82. The predicted octanol–water partition coefficient (Wildman–Crippen LogP) is 2.33. The minimum atomic E-state index is -0.460. The normalized spacial score (nSPS) is 21.3. The fraction of sp³-hybridized carbons (Fsp3) is 0.421. The van der Waals surface area contributed by atoms with Crippen LogP contribution >= 0.6 is 11.6 Å². The van der Waals surface area contributed by atoms with Crippen LogP contribution in [0.4, 0.5) is 5.69 Å². The molecule has 142 valence electrons. The van der Waals surface area contributed by atoms with Crippen molar-refractivity contribution in [2.75, 3.05) is 18.6 Å². The molecular formula is C19H21ClN4O3. The van der Waals surface area contributed by atoms with E-state index in [9.17, 15) is 9.59 Å². The van der Waals surface area contributed by atoms with Crippen LogP contribution < -0.4 is 9.64 Å². The summed E-state index contributed by atoms with van der Waals surface area (Å²) in [5, 5.41) is 4.83. The van der Waals surface area contributed by atoms with Crippen molar-refractivity contribution in [3.63, 3.8) is 0 Å². The number of fused-ring (bicyclic) bond motifs is 2. The fourth-order valence-corrected chi connectivity index (χ4v) is 4.23. The predicted molar refractivity (Wildman–Crippen MR) is 101 cm³/mol. The number of hydrogen-bond donors (Lipinski definition) is 0. The maximum atomic E-state index is 13.1. The van der Waals surface area contributed by atoms with Crippen molar-refractivity contribution in [2.24, 2.45) is 7.05 Å². The maximum Gasteiger partial charge on any atom is 0.272 e. The molecule has 2 saturated heterocycles. The van der Waals surface area contributed by atoms with Gasteiger partial charge in [0.15, 0.2) is 0 Å². The number of piperazine rings is 1. The molecule has 27 heavy (non-hydrogen) atoms. The van der Waals surface area contributed by atoms with E-state index in [4.69, 9.17) is 16.3 Å². The van der Waals surface area contributed by atoms with E-state index in [0.717, 1.165) is 11.3 Å². The summed E-state index contributed by atoms with van der Waals surface area (Å²) in [7, 11) is 3.30. The van der Waals surface area contributed by atoms with E-state index >= 15 is 0 Å². The second-order valence-electron chi connectivity index (χ2n) is 7.14. The molecule has 2 aliphatic heterocycles. The first-order valence-electron chi connectivity index (χ1n) is 8.80. The zero-order valence-corrected chi connectivity index (χ0v) is 16.4. The van der Waals surface area contributed by atoms with Crippen LogP contribution in [-0.2, 0) is 11.8 Å². The van der Waals surface area contributed by atoms with Crippen LogP contribution in [0.1, 0.15) is 28.2 Å². The Morgan fingerprint density at radius 3 is 2.63 bits per heavy atom. The van der Waals surface area contributed by atoms with Crippen molar-refractivity contribution in [2.45, 2.75) is 32.4 Å². The van der Waals surface area contributed by atoms with Crippen molar-refractivity contribution in [3.05, 3.63) is 40.2 Å². The van der Waals surface area contributed by atoms with Gasteiger partial charge in [-0.05, 0) is 38.0 Å². The SMILES string of the molecule is COc1cc(Cl)c(C)cc1N1C(=O)[C@@H]2C[C@H]1CN2C(=O)c1cc(C)nn1C. The van der Waals surface area contributed by atoms with Gasteiger partial charge in [-0.1, -0.05) is 11.6 Å². The monoisotopic (exact) mass is 388 g/mol. The van der Waals surface area contributed by atoms with Crippen molar-refractivity contribution < 1.29 is 14.3 Å². The van der Waals surface area contributed by atoms with Crippen molar-refractivity contribution >= 4 is 29.1 Å². The summed E-state index contributed by atoms with van der Waals surface area (Å²) in [4.78, 5) is 29.4. The second kappa shape index (κ2) is 6.27. The zero-order chi connectivity index (χ0) is 19.5. The molecule has 2 fully saturated rings. The Bertz CT molecular complexity index is 955. The Kier molecular flexibility index (Phi) is 4.14. The first kappa shape index (κ1) is 17.9. The third-order valence-corrected chi connectivity index (χ3v) is 5.78. The van der Waals surface area contributed by atoms with Crippen LogP contribution in [-0.4, -0.2) is 52.2 Å². The molecule has 0 spiro atoms. The highest BCUT2D eigenvalue weighted by Crippen LogP contribution is 2.42. The van der Waals surface area contributed by atoms with Gasteiger partial charge >= 0.3 is 0 Å². The number of methoxy groups -OCH3 is 1. The highest BCUT2D eigenvalue weighted by atomic mass is 35.5. The van der Waals surface area contributed by atoms with Crippen LogP contribution in [0, 0.1) is 13.8 Å². The van der Waals surface area contributed by atoms with Gasteiger partial charge in [-0.3, -0.25) is 14.3 Å². The number of benzene rings is 1. The van der Waals surface area contributed by atoms with E-state index < -0.39 is 6.04 Å². The van der Waals surface area contributed by atoms with Gasteiger partial charge in [-0.15, -0.1) is 0 Å². The molecule has 0 unspecified atom stereocenters. The lowest BCUT2D eigenvalue weighted by atomic mass is 10.1. The average molecular weight is 389 g/mol. The number of ether oxygens (including phenoxy) is 1. The molecule has 8 heteroatoms. The largest absolute Gasteiger partial charge is 0.495 e. The van der Waals surface area contributed by atoms with Gasteiger partial charge in [0.25, 0.3) is 5.91 Å². The molecule has 2 amide bonds. The van der Waals surface area contributed by atoms with Crippen molar-refractivity contribution in [1.82, 2.24) is 14.7 Å². The smallest absolute Gasteiger partial charge is 0.272 e. The topological polar surface area (TPSA) is 67.7 Å². The molecule has 2 aliphatic rings. The quantitative estimate of drug-likeness (QED) is 0.809. The van der Waals surface area contributed by atoms with Gasteiger partial charge in [0, 0.05) is 24.7 Å². The molecule has 0 aliphatic carbocycles. The van der Waals surface area contributed by atoms with E-state index in [1.807, 2.05) is 19.9 Å². The Labute approximate surface area is 162 Å². The summed E-state index contributed by atoms with van der Waals surface area (Å²) in [6.45, 7) is 4.23. The summed E-state index contributed by atoms with van der Waals surface area (Å²) < 4.78 is 7.01. The summed E-state index contributed by atoms with van der Waals surface area (Å²) in [5.41, 5.74) is 2.86. The van der Waals surface area contributed by atoms with Gasteiger partial charge in [-0.25, -0.2) is 0 Å². The number of amides is 2. The summed E-state index contributed by atoms with van der Waals surface area (Å²) in [6.07, 6.45) is 0.617. The molecule has 1 aromatic carbocycles. The number of aromatic nitrogens is 2. The van der Waals surface area contributed by atoms with Crippen LogP contribution in [0.25, 0.3) is 0 Å². The molecule has 0 N–H and O–H groups in total. The Morgan fingerprint density at radius 1 is 1.30 bits per heavy atom. The minimum absolute atomic E-state index is 0.0738. The number of nitrogens with zero attached hydrogens (tertiary/aromatic N) is 4. The lowest BCUT2D eigenvalue weighted by Gasteiger charge is -2.34. The molecule has 1 aromatic heterocycles. The van der Waals surface area contributed by atoms with Gasteiger partial charge in [0.2, 0.25) is 5.91 Å². The number of likely N-dealkylation sites (tertiary alicyclic amines) is 1. The second-order valence-corrected chi connectivity index (χ2v) is 7.55. The standard InChI is InChI=1S/C19H21ClN4O3/c1-10-5-14(17(27-4)8-13(10)20)24-12-7-16(19(24)26)23(9-12)18(25)15-6-11(2)21-22(15)3/h5-6,8,12,16H,7,9H2,1-4H3/t12-,16-/m0/s1. The van der Waals surface area contributed by atoms with E-state index in [2.05, 4.69) is 5.10 Å². The third-order valence-electron chi connectivity index (χ3n) is 5.37. The lowest BCUT2D eigenvalue weighted by molar-refractivity contribution is -0.121. The molecule has 0 saturated carbocycles. The third kappa shape index (κ3) is 2.68. The number of anilines is 1. The number of hydrogen-bond acceptors (Lipinski definition) is 4. The van der Waals surface area contributed by atoms with Crippen LogP contribution in [0.15, 0.2) is 18.2 Å². The highest BCUT2D eigenvalue weighted by Gasteiger charge is 2.52. The van der Waals surface area contributed by atoms with Gasteiger partial charge in [0.1, 0.15) is 17.5 Å². The molecular weight excluding hydrogens is 368 g/mol. The van der Waals surface area contributed by atoms with E-state index in [1.54, 1.807) is 40.8 Å². The number of rotatable bonds is 3. The number of halogens is 1. The first-order valence-corrected chi connectivity index (χ1v) is 9.18. The Morgan fingerprint density at radius 2 is 2.04 bits per heavy atom. The lowest BCUT2D eigenvalue weighted by Crippen LogP contribution is -2.52. The van der Waals surface area contributed by atoms with Crippen molar-refractivity contribution in [3.8, 4) is 5.75 Å². The molecule has 2 bridgehead atoms. The molecule has 4 rings (SSSR count). The van der Waals surface area contributed by atoms with Crippen LogP contribution in [0.2, 0.25) is 5.02 Å². The number of carbonyl (C=O) groups is 2. The molecule has 0 radical (unpaired) electrons. The zero-order valence-electron chi connectivity index (χ0n) is 15.7. The van der Waals surface area contributed by atoms with E-state index in [-0.39, 0.29) is 17.9 Å². The van der Waals surface area contributed by atoms with Gasteiger partial charge in [0.05, 0.1) is 24.5 Å². The summed E-state index contributed by atoms with van der Waals surface area (Å²) in [5.74, 6) is 0.322. The molecule has 3 heterocycles. The molecule has 2 aromatic rings. The Balaban J connectivity index is 1.63. The van der Waals surface area contributed by atoms with E-state index in [1.165, 1.54) is 0 Å². The van der Waals surface area contributed by atoms with Crippen LogP contribution in [0.3, 0.4) is 0 Å². The molecule has 7 nitrogen and oxygen atoms in total. The Hall–Kier alpha value is -2.54. The summed E-state index contributed by atoms with van der Waals surface area (Å²) >= 11 is 6.19. The number of aryl methyl sites for hydroxylation is 3. The van der Waals surface area contributed by atoms with Crippen molar-refractivity contribution in [1.29, 1.82) is 0 Å². The molecule has 2 atom stereocenters.